The Morgan fingerprint density at radius 3 is 3.00 bits per heavy atom. The molecule has 2 heterocycles. The fraction of sp³-hybridized carbons (Fsp3) is 0.217. The van der Waals surface area contributed by atoms with Crippen molar-refractivity contribution in [2.45, 2.75) is 19.8 Å². The molecule has 0 bridgehead atoms. The number of allylic oxidation sites excluding steroid dienone is 6. The molecule has 0 radical (unpaired) electrons. The Hall–Kier alpha value is -3.21. The number of benzene rings is 1. The van der Waals surface area contributed by atoms with Gasteiger partial charge in [0.1, 0.15) is 18.1 Å². The number of carbonyl (C=O) groups excluding carboxylic acids is 1. The second-order valence-electron chi connectivity index (χ2n) is 7.27. The van der Waals surface area contributed by atoms with Gasteiger partial charge < -0.3 is 10.1 Å². The van der Waals surface area contributed by atoms with E-state index in [4.69, 9.17) is 4.74 Å². The Bertz CT molecular complexity index is 1110. The van der Waals surface area contributed by atoms with Gasteiger partial charge in [0.05, 0.1) is 0 Å². The molecule has 0 atom stereocenters. The lowest BCUT2D eigenvalue weighted by Crippen LogP contribution is -2.20. The molecule has 2 aliphatic carbocycles. The van der Waals surface area contributed by atoms with Crippen LogP contribution < -0.4 is 10.1 Å². The quantitative estimate of drug-likeness (QED) is 0.792. The summed E-state index contributed by atoms with van der Waals surface area (Å²) in [5.41, 5.74) is 6.19. The van der Waals surface area contributed by atoms with Gasteiger partial charge in [-0.25, -0.2) is 9.37 Å². The van der Waals surface area contributed by atoms with Crippen LogP contribution in [0, 0.1) is 12.7 Å². The number of halogens is 1. The average molecular weight is 374 g/mol. The number of nitrogens with zero attached hydrogens (tertiary/aromatic N) is 1. The minimum absolute atomic E-state index is 0.0331. The van der Waals surface area contributed by atoms with Gasteiger partial charge in [-0.15, -0.1) is 0 Å². The number of Topliss-reactive ketones (excluding diaryl/α,β-unsaturated/α-hetero) is 1. The monoisotopic (exact) mass is 374 g/mol. The summed E-state index contributed by atoms with van der Waals surface area (Å²) < 4.78 is 20.5. The Morgan fingerprint density at radius 1 is 1.29 bits per heavy atom. The molecule has 0 saturated heterocycles. The highest BCUT2D eigenvalue weighted by Gasteiger charge is 2.29. The van der Waals surface area contributed by atoms with E-state index in [0.717, 1.165) is 34.4 Å². The fourth-order valence-corrected chi connectivity index (χ4v) is 4.04. The van der Waals surface area contributed by atoms with Crippen LogP contribution in [-0.2, 0) is 11.2 Å². The Labute approximate surface area is 162 Å². The first-order chi connectivity index (χ1) is 13.6. The van der Waals surface area contributed by atoms with Crippen LogP contribution in [0.5, 0.6) is 5.88 Å². The lowest BCUT2D eigenvalue weighted by molar-refractivity contribution is -0.112. The molecular weight excluding hydrogens is 355 g/mol. The molecule has 1 aliphatic heterocycles. The predicted octanol–water partition coefficient (Wildman–Crippen LogP) is 4.40. The minimum atomic E-state index is -0.343. The molecular formula is C23H19FN2O2. The van der Waals surface area contributed by atoms with Gasteiger partial charge in [0.25, 0.3) is 0 Å². The SMILES string of the molecule is Cc1c(-c2cc(F)c3c(c2)/C(=C/C2=CC=CC2)C(=O)C3)cnc2c1NCCO2. The number of fused-ring (bicyclic) bond motifs is 2. The van der Waals surface area contributed by atoms with Gasteiger partial charge in [-0.2, -0.15) is 0 Å². The molecule has 140 valence electrons. The molecule has 0 spiro atoms. The van der Waals surface area contributed by atoms with E-state index in [0.29, 0.717) is 35.7 Å². The van der Waals surface area contributed by atoms with E-state index < -0.39 is 0 Å². The van der Waals surface area contributed by atoms with Crippen molar-refractivity contribution in [3.63, 3.8) is 0 Å². The summed E-state index contributed by atoms with van der Waals surface area (Å²) in [7, 11) is 0. The third-order valence-corrected chi connectivity index (χ3v) is 5.51. The van der Waals surface area contributed by atoms with E-state index in [1.165, 1.54) is 6.07 Å². The smallest absolute Gasteiger partial charge is 0.237 e. The van der Waals surface area contributed by atoms with Crippen LogP contribution in [0.2, 0.25) is 0 Å². The second-order valence-corrected chi connectivity index (χ2v) is 7.27. The highest BCUT2D eigenvalue weighted by molar-refractivity contribution is 6.26. The van der Waals surface area contributed by atoms with Crippen LogP contribution in [0.15, 0.2) is 48.2 Å². The Morgan fingerprint density at radius 2 is 2.18 bits per heavy atom. The molecule has 2 aromatic rings. The average Bonchev–Trinajstić information content (AvgIpc) is 3.32. The van der Waals surface area contributed by atoms with Crippen LogP contribution in [0.4, 0.5) is 10.1 Å². The summed E-state index contributed by atoms with van der Waals surface area (Å²) >= 11 is 0. The van der Waals surface area contributed by atoms with Crippen molar-refractivity contribution in [3.05, 3.63) is 70.7 Å². The van der Waals surface area contributed by atoms with Crippen LogP contribution in [0.1, 0.15) is 23.1 Å². The topological polar surface area (TPSA) is 51.2 Å². The van der Waals surface area contributed by atoms with Crippen LogP contribution in [0.25, 0.3) is 16.7 Å². The highest BCUT2D eigenvalue weighted by Crippen LogP contribution is 2.40. The molecule has 3 aliphatic rings. The van der Waals surface area contributed by atoms with Gasteiger partial charge in [0.15, 0.2) is 5.78 Å². The molecule has 5 heteroatoms. The lowest BCUT2D eigenvalue weighted by Gasteiger charge is -2.21. The van der Waals surface area contributed by atoms with Gasteiger partial charge in [0.2, 0.25) is 5.88 Å². The normalized spacial score (nSPS) is 18.6. The molecule has 0 unspecified atom stereocenters. The first kappa shape index (κ1) is 16.9. The number of hydrogen-bond donors (Lipinski definition) is 1. The Kier molecular flexibility index (Phi) is 3.90. The number of carbonyl (C=O) groups is 1. The lowest BCUT2D eigenvalue weighted by atomic mass is 9.95. The first-order valence-electron chi connectivity index (χ1n) is 9.42. The second kappa shape index (κ2) is 6.44. The van der Waals surface area contributed by atoms with Crippen molar-refractivity contribution in [2.24, 2.45) is 0 Å². The fourth-order valence-electron chi connectivity index (χ4n) is 4.04. The number of nitrogens with one attached hydrogen (secondary N) is 1. The molecule has 4 nitrogen and oxygen atoms in total. The highest BCUT2D eigenvalue weighted by atomic mass is 19.1. The van der Waals surface area contributed by atoms with Crippen molar-refractivity contribution < 1.29 is 13.9 Å². The number of ether oxygens (including phenoxy) is 1. The van der Waals surface area contributed by atoms with Crippen molar-refractivity contribution in [1.82, 2.24) is 4.98 Å². The van der Waals surface area contributed by atoms with Gasteiger partial charge in [-0.3, -0.25) is 4.79 Å². The molecule has 28 heavy (non-hydrogen) atoms. The number of rotatable bonds is 2. The van der Waals surface area contributed by atoms with Crippen molar-refractivity contribution in [1.29, 1.82) is 0 Å². The summed E-state index contributed by atoms with van der Waals surface area (Å²) in [5, 5.41) is 3.31. The van der Waals surface area contributed by atoms with Crippen LogP contribution in [-0.4, -0.2) is 23.9 Å². The number of hydrogen-bond acceptors (Lipinski definition) is 4. The molecule has 0 fully saturated rings. The minimum Gasteiger partial charge on any atom is -0.474 e. The maximum Gasteiger partial charge on any atom is 0.237 e. The number of aromatic nitrogens is 1. The standard InChI is InChI=1S/C23H19FN2O2/c1-13-19(12-26-23-22(13)25-6-7-28-23)15-9-16-17(20(24)10-15)11-21(27)18(16)8-14-4-2-3-5-14/h2-4,8-10,12,25H,5-7,11H2,1H3/b18-8-. The number of anilines is 1. The maximum atomic E-state index is 14.9. The largest absolute Gasteiger partial charge is 0.474 e. The summed E-state index contributed by atoms with van der Waals surface area (Å²) in [6.45, 7) is 3.26. The van der Waals surface area contributed by atoms with E-state index in [1.807, 2.05) is 37.3 Å². The van der Waals surface area contributed by atoms with E-state index in [2.05, 4.69) is 10.3 Å². The van der Waals surface area contributed by atoms with Gasteiger partial charge in [-0.05, 0) is 53.8 Å². The molecule has 1 aromatic carbocycles. The summed E-state index contributed by atoms with van der Waals surface area (Å²) in [6.07, 6.45) is 10.5. The Balaban J connectivity index is 1.63. The molecule has 1 N–H and O–H groups in total. The van der Waals surface area contributed by atoms with E-state index in [1.54, 1.807) is 6.20 Å². The predicted molar refractivity (Wildman–Crippen MR) is 107 cm³/mol. The molecule has 0 saturated carbocycles. The molecule has 0 amide bonds. The number of pyridine rings is 1. The third-order valence-electron chi connectivity index (χ3n) is 5.51. The van der Waals surface area contributed by atoms with Crippen LogP contribution in [0.3, 0.4) is 0 Å². The van der Waals surface area contributed by atoms with Gasteiger partial charge in [0, 0.05) is 35.9 Å². The van der Waals surface area contributed by atoms with E-state index in [9.17, 15) is 9.18 Å². The van der Waals surface area contributed by atoms with Crippen LogP contribution >= 0.6 is 0 Å². The van der Waals surface area contributed by atoms with E-state index >= 15 is 0 Å². The maximum absolute atomic E-state index is 14.9. The zero-order valence-electron chi connectivity index (χ0n) is 15.5. The van der Waals surface area contributed by atoms with Gasteiger partial charge in [-0.1, -0.05) is 18.2 Å². The van der Waals surface area contributed by atoms with Crippen molar-refractivity contribution in [2.75, 3.05) is 18.5 Å². The van der Waals surface area contributed by atoms with E-state index in [-0.39, 0.29) is 18.0 Å². The van der Waals surface area contributed by atoms with Crippen molar-refractivity contribution >= 4 is 17.0 Å². The van der Waals surface area contributed by atoms with Gasteiger partial charge >= 0.3 is 0 Å². The molecule has 1 aromatic heterocycles. The first-order valence-corrected chi connectivity index (χ1v) is 9.42. The zero-order valence-corrected chi connectivity index (χ0v) is 15.5. The van der Waals surface area contributed by atoms with Crippen molar-refractivity contribution in [3.8, 4) is 17.0 Å². The summed E-state index contributed by atoms with van der Waals surface area (Å²) in [4.78, 5) is 16.9. The number of ketones is 1. The zero-order chi connectivity index (χ0) is 19.3. The summed E-state index contributed by atoms with van der Waals surface area (Å²) in [6, 6.07) is 3.42. The molecule has 5 rings (SSSR count). The third kappa shape index (κ3) is 2.66. The summed E-state index contributed by atoms with van der Waals surface area (Å²) in [5.74, 6) is 0.198.